The zero-order valence-corrected chi connectivity index (χ0v) is 21.1. The Morgan fingerprint density at radius 1 is 0.615 bits per heavy atom. The molecule has 0 spiro atoms. The number of benzene rings is 3. The molecule has 2 aliphatic rings. The van der Waals surface area contributed by atoms with Crippen LogP contribution >= 0.6 is 0 Å². The fraction of sp³-hybridized carbons (Fsp3) is 0.241. The number of carbonyl (C=O) groups excluding carboxylic acids is 4. The summed E-state index contributed by atoms with van der Waals surface area (Å²) >= 11 is 0. The van der Waals surface area contributed by atoms with Gasteiger partial charge in [0.15, 0.2) is 0 Å². The maximum absolute atomic E-state index is 12.7. The van der Waals surface area contributed by atoms with Crippen molar-refractivity contribution < 1.29 is 24.1 Å². The van der Waals surface area contributed by atoms with Crippen LogP contribution in [0.4, 0.5) is 5.69 Å². The first kappa shape index (κ1) is 25.9. The summed E-state index contributed by atoms with van der Waals surface area (Å²) in [5.41, 5.74) is 2.09. The van der Waals surface area contributed by atoms with Crippen LogP contribution in [0.5, 0.6) is 0 Å². The van der Waals surface area contributed by atoms with E-state index < -0.39 is 4.92 Å². The predicted molar refractivity (Wildman–Crippen MR) is 141 cm³/mol. The van der Waals surface area contributed by atoms with Gasteiger partial charge in [0, 0.05) is 44.4 Å². The molecule has 198 valence electrons. The van der Waals surface area contributed by atoms with E-state index in [4.69, 9.17) is 0 Å². The summed E-state index contributed by atoms with van der Waals surface area (Å²) in [7, 11) is 0. The third-order valence-corrected chi connectivity index (χ3v) is 7.05. The monoisotopic (exact) mass is 526 g/mol. The molecular formula is C29H26N4O6. The fourth-order valence-corrected chi connectivity index (χ4v) is 5.12. The SMILES string of the molecule is O=C1c2ccccc2C(=O)N1CCCN(CCCN1C(=O)c2ccccc2C1=O)Cc1ccccc1[N+](=O)[O-]. The first-order valence-electron chi connectivity index (χ1n) is 12.7. The second kappa shape index (κ2) is 11.0. The van der Waals surface area contributed by atoms with E-state index >= 15 is 0 Å². The molecule has 10 nitrogen and oxygen atoms in total. The number of imide groups is 2. The molecule has 2 aliphatic heterocycles. The van der Waals surface area contributed by atoms with E-state index in [1.54, 1.807) is 66.7 Å². The second-order valence-corrected chi connectivity index (χ2v) is 9.48. The molecule has 0 aromatic heterocycles. The maximum Gasteiger partial charge on any atom is 0.273 e. The molecule has 4 amide bonds. The number of hydrogen-bond acceptors (Lipinski definition) is 7. The van der Waals surface area contributed by atoms with Crippen molar-refractivity contribution in [3.05, 3.63) is 111 Å². The van der Waals surface area contributed by atoms with Crippen molar-refractivity contribution in [2.24, 2.45) is 0 Å². The van der Waals surface area contributed by atoms with Crippen molar-refractivity contribution in [1.82, 2.24) is 14.7 Å². The van der Waals surface area contributed by atoms with Crippen molar-refractivity contribution in [2.45, 2.75) is 19.4 Å². The standard InChI is InChI=1S/C29H26N4O6/c34-26-21-10-2-3-11-22(21)27(35)31(26)17-7-15-30(19-20-9-1-6-14-25(20)33(38)39)16-8-18-32-28(36)23-12-4-5-13-24(23)29(32)37/h1-6,9-14H,7-8,15-19H2. The Labute approximate surface area is 224 Å². The molecule has 0 saturated carbocycles. The van der Waals surface area contributed by atoms with Crippen molar-refractivity contribution in [1.29, 1.82) is 0 Å². The lowest BCUT2D eigenvalue weighted by Gasteiger charge is -2.24. The summed E-state index contributed by atoms with van der Waals surface area (Å²) in [5.74, 6) is -1.31. The van der Waals surface area contributed by atoms with Crippen LogP contribution in [0.1, 0.15) is 59.8 Å². The van der Waals surface area contributed by atoms with E-state index in [0.29, 0.717) is 53.7 Å². The molecule has 0 fully saturated rings. The summed E-state index contributed by atoms with van der Waals surface area (Å²) in [6.45, 7) is 1.57. The number of fused-ring (bicyclic) bond motifs is 2. The average Bonchev–Trinajstić information content (AvgIpc) is 3.33. The largest absolute Gasteiger partial charge is 0.299 e. The highest BCUT2D eigenvalue weighted by atomic mass is 16.6. The van der Waals surface area contributed by atoms with E-state index in [-0.39, 0.29) is 49.0 Å². The van der Waals surface area contributed by atoms with Crippen LogP contribution in [0.3, 0.4) is 0 Å². The van der Waals surface area contributed by atoms with Gasteiger partial charge in [0.05, 0.1) is 27.2 Å². The number of para-hydroxylation sites is 1. The number of rotatable bonds is 11. The van der Waals surface area contributed by atoms with Gasteiger partial charge in [-0.15, -0.1) is 0 Å². The predicted octanol–water partition coefficient (Wildman–Crippen LogP) is 3.77. The Hall–Kier alpha value is -4.70. The molecule has 39 heavy (non-hydrogen) atoms. The van der Waals surface area contributed by atoms with Gasteiger partial charge in [-0.1, -0.05) is 42.5 Å². The highest BCUT2D eigenvalue weighted by Crippen LogP contribution is 2.25. The van der Waals surface area contributed by atoms with Gasteiger partial charge < -0.3 is 0 Å². The molecule has 0 N–H and O–H groups in total. The van der Waals surface area contributed by atoms with Crippen molar-refractivity contribution in [2.75, 3.05) is 26.2 Å². The van der Waals surface area contributed by atoms with Crippen LogP contribution in [-0.4, -0.2) is 69.4 Å². The summed E-state index contributed by atoms with van der Waals surface area (Å²) in [6.07, 6.45) is 0.915. The van der Waals surface area contributed by atoms with Gasteiger partial charge >= 0.3 is 0 Å². The van der Waals surface area contributed by atoms with Gasteiger partial charge in [-0.05, 0) is 37.1 Å². The molecule has 2 heterocycles. The lowest BCUT2D eigenvalue weighted by molar-refractivity contribution is -0.385. The van der Waals surface area contributed by atoms with E-state index in [1.807, 2.05) is 4.90 Å². The molecule has 0 radical (unpaired) electrons. The average molecular weight is 527 g/mol. The van der Waals surface area contributed by atoms with Crippen LogP contribution in [0.15, 0.2) is 72.8 Å². The van der Waals surface area contributed by atoms with Gasteiger partial charge in [0.1, 0.15) is 0 Å². The van der Waals surface area contributed by atoms with Crippen LogP contribution in [0.2, 0.25) is 0 Å². The maximum atomic E-state index is 12.7. The number of nitro benzene ring substituents is 1. The molecule has 3 aromatic rings. The van der Waals surface area contributed by atoms with E-state index in [1.165, 1.54) is 15.9 Å². The number of hydrogen-bond donors (Lipinski definition) is 0. The summed E-state index contributed by atoms with van der Waals surface area (Å²) < 4.78 is 0. The number of amides is 4. The minimum Gasteiger partial charge on any atom is -0.299 e. The molecule has 0 atom stereocenters. The number of nitro groups is 1. The van der Waals surface area contributed by atoms with Crippen LogP contribution in [-0.2, 0) is 6.54 Å². The molecule has 0 bridgehead atoms. The molecule has 3 aromatic carbocycles. The fourth-order valence-electron chi connectivity index (χ4n) is 5.12. The lowest BCUT2D eigenvalue weighted by atomic mass is 10.1. The van der Waals surface area contributed by atoms with Gasteiger partial charge in [0.2, 0.25) is 0 Å². The Kier molecular flexibility index (Phi) is 7.29. The van der Waals surface area contributed by atoms with Gasteiger partial charge in [0.25, 0.3) is 29.3 Å². The zero-order chi connectivity index (χ0) is 27.5. The smallest absolute Gasteiger partial charge is 0.273 e. The topological polar surface area (TPSA) is 121 Å². The Morgan fingerprint density at radius 3 is 1.41 bits per heavy atom. The highest BCUT2D eigenvalue weighted by molar-refractivity contribution is 6.22. The van der Waals surface area contributed by atoms with Gasteiger partial charge in [-0.2, -0.15) is 0 Å². The third-order valence-electron chi connectivity index (χ3n) is 7.05. The molecule has 0 aliphatic carbocycles. The second-order valence-electron chi connectivity index (χ2n) is 9.48. The van der Waals surface area contributed by atoms with E-state index in [2.05, 4.69) is 0 Å². The van der Waals surface area contributed by atoms with Crippen molar-refractivity contribution >= 4 is 29.3 Å². The van der Waals surface area contributed by atoms with Crippen LogP contribution in [0.25, 0.3) is 0 Å². The Morgan fingerprint density at radius 2 is 1.00 bits per heavy atom. The third kappa shape index (κ3) is 5.06. The first-order chi connectivity index (χ1) is 18.9. The Balaban J connectivity index is 1.24. The van der Waals surface area contributed by atoms with Gasteiger partial charge in [-0.25, -0.2) is 0 Å². The summed E-state index contributed by atoms with van der Waals surface area (Å²) in [6, 6.07) is 19.9. The molecule has 0 unspecified atom stereocenters. The number of nitrogens with zero attached hydrogens (tertiary/aromatic N) is 4. The minimum absolute atomic E-state index is 0.00296. The summed E-state index contributed by atoms with van der Waals surface area (Å²) in [5, 5.41) is 11.6. The Bertz CT molecular complexity index is 1330. The van der Waals surface area contributed by atoms with Gasteiger partial charge in [-0.3, -0.25) is 44.0 Å². The minimum atomic E-state index is -0.426. The highest BCUT2D eigenvalue weighted by Gasteiger charge is 2.36. The van der Waals surface area contributed by atoms with Crippen molar-refractivity contribution in [3.8, 4) is 0 Å². The molecular weight excluding hydrogens is 500 g/mol. The molecule has 0 saturated heterocycles. The first-order valence-corrected chi connectivity index (χ1v) is 12.7. The van der Waals surface area contributed by atoms with Crippen LogP contribution in [0, 0.1) is 10.1 Å². The zero-order valence-electron chi connectivity index (χ0n) is 21.1. The molecule has 5 rings (SSSR count). The molecule has 10 heteroatoms. The van der Waals surface area contributed by atoms with Crippen molar-refractivity contribution in [3.63, 3.8) is 0 Å². The van der Waals surface area contributed by atoms with Crippen LogP contribution < -0.4 is 0 Å². The number of carbonyl (C=O) groups is 4. The van der Waals surface area contributed by atoms with E-state index in [0.717, 1.165) is 0 Å². The lowest BCUT2D eigenvalue weighted by Crippen LogP contribution is -2.36. The quantitative estimate of drug-likeness (QED) is 0.212. The normalized spacial score (nSPS) is 14.4. The van der Waals surface area contributed by atoms with E-state index in [9.17, 15) is 29.3 Å². The summed E-state index contributed by atoms with van der Waals surface area (Å²) in [4.78, 5) is 66.4.